The number of likely N-dealkylation sites (tertiary alicyclic amines) is 1. The Labute approximate surface area is 134 Å². The van der Waals surface area contributed by atoms with E-state index in [2.05, 4.69) is 29.4 Å². The van der Waals surface area contributed by atoms with Crippen molar-refractivity contribution in [3.63, 3.8) is 0 Å². The van der Waals surface area contributed by atoms with E-state index in [1.165, 1.54) is 25.7 Å². The summed E-state index contributed by atoms with van der Waals surface area (Å²) in [6.07, 6.45) is 8.73. The van der Waals surface area contributed by atoms with Crippen LogP contribution in [0.4, 0.5) is 4.79 Å². The van der Waals surface area contributed by atoms with Crippen molar-refractivity contribution in [3.05, 3.63) is 0 Å². The first-order valence-corrected chi connectivity index (χ1v) is 8.91. The van der Waals surface area contributed by atoms with Gasteiger partial charge in [0.25, 0.3) is 0 Å². The molecular formula is C17H33N3O2. The highest BCUT2D eigenvalue weighted by molar-refractivity contribution is 5.74. The summed E-state index contributed by atoms with van der Waals surface area (Å²) in [7, 11) is 0. The van der Waals surface area contributed by atoms with Crippen molar-refractivity contribution in [3.8, 4) is 0 Å². The number of hydrogen-bond acceptors (Lipinski definition) is 3. The Morgan fingerprint density at radius 2 is 1.64 bits per heavy atom. The molecule has 1 saturated heterocycles. The van der Waals surface area contributed by atoms with Gasteiger partial charge in [0, 0.05) is 18.6 Å². The zero-order valence-electron chi connectivity index (χ0n) is 14.3. The normalized spacial score (nSPS) is 23.0. The lowest BCUT2D eigenvalue weighted by Gasteiger charge is -2.41. The van der Waals surface area contributed by atoms with Crippen LogP contribution in [0.2, 0.25) is 0 Å². The summed E-state index contributed by atoms with van der Waals surface area (Å²) in [4.78, 5) is 14.5. The summed E-state index contributed by atoms with van der Waals surface area (Å²) < 4.78 is 0. The van der Waals surface area contributed by atoms with Gasteiger partial charge >= 0.3 is 6.03 Å². The number of hydrogen-bond donors (Lipinski definition) is 3. The van der Waals surface area contributed by atoms with Gasteiger partial charge < -0.3 is 15.7 Å². The standard InChI is InChI=1S/C17H33N3O2/c1-16(2,20-11-7-4-8-12-20)13-18-15(21)19-14-17(22)9-5-3-6-10-17/h22H,3-14H2,1-2H3,(H2,18,19,21). The lowest BCUT2D eigenvalue weighted by atomic mass is 9.85. The summed E-state index contributed by atoms with van der Waals surface area (Å²) in [6.45, 7) is 7.62. The minimum absolute atomic E-state index is 0.0144. The van der Waals surface area contributed by atoms with Crippen molar-refractivity contribution in [2.24, 2.45) is 0 Å². The Kier molecular flexibility index (Phi) is 6.09. The van der Waals surface area contributed by atoms with Crippen molar-refractivity contribution < 1.29 is 9.90 Å². The number of nitrogens with one attached hydrogen (secondary N) is 2. The van der Waals surface area contributed by atoms with Gasteiger partial charge in [-0.15, -0.1) is 0 Å². The van der Waals surface area contributed by atoms with E-state index in [9.17, 15) is 9.90 Å². The van der Waals surface area contributed by atoms with E-state index in [0.29, 0.717) is 13.1 Å². The number of piperidine rings is 1. The quantitative estimate of drug-likeness (QED) is 0.729. The van der Waals surface area contributed by atoms with E-state index >= 15 is 0 Å². The molecule has 1 heterocycles. The Balaban J connectivity index is 1.70. The fraction of sp³-hybridized carbons (Fsp3) is 0.941. The predicted molar refractivity (Wildman–Crippen MR) is 88.9 cm³/mol. The van der Waals surface area contributed by atoms with Crippen molar-refractivity contribution in [1.82, 2.24) is 15.5 Å². The molecule has 1 aliphatic carbocycles. The Hall–Kier alpha value is -0.810. The molecule has 22 heavy (non-hydrogen) atoms. The topological polar surface area (TPSA) is 64.6 Å². The zero-order chi connectivity index (χ0) is 16.1. The zero-order valence-corrected chi connectivity index (χ0v) is 14.3. The number of rotatable bonds is 5. The van der Waals surface area contributed by atoms with Crippen LogP contribution in [-0.4, -0.2) is 53.4 Å². The highest BCUT2D eigenvalue weighted by atomic mass is 16.3. The van der Waals surface area contributed by atoms with Gasteiger partial charge in [0.2, 0.25) is 0 Å². The summed E-state index contributed by atoms with van der Waals surface area (Å²) >= 11 is 0. The van der Waals surface area contributed by atoms with Crippen LogP contribution in [0.5, 0.6) is 0 Å². The minimum Gasteiger partial charge on any atom is -0.388 e. The molecule has 1 saturated carbocycles. The van der Waals surface area contributed by atoms with E-state index in [1.54, 1.807) is 0 Å². The van der Waals surface area contributed by atoms with Crippen LogP contribution in [0.15, 0.2) is 0 Å². The molecule has 0 aromatic heterocycles. The lowest BCUT2D eigenvalue weighted by molar-refractivity contribution is 0.00707. The largest absolute Gasteiger partial charge is 0.388 e. The molecule has 1 aliphatic heterocycles. The molecule has 128 valence electrons. The third-order valence-electron chi connectivity index (χ3n) is 5.26. The van der Waals surface area contributed by atoms with Gasteiger partial charge in [-0.1, -0.05) is 25.7 Å². The first kappa shape index (κ1) is 17.5. The second-order valence-corrected chi connectivity index (χ2v) is 7.68. The second kappa shape index (κ2) is 7.64. The number of nitrogens with zero attached hydrogens (tertiary/aromatic N) is 1. The third kappa shape index (κ3) is 5.13. The summed E-state index contributed by atoms with van der Waals surface area (Å²) in [5.41, 5.74) is -0.711. The smallest absolute Gasteiger partial charge is 0.314 e. The molecule has 2 fully saturated rings. The fourth-order valence-electron chi connectivity index (χ4n) is 3.60. The average Bonchev–Trinajstić information content (AvgIpc) is 2.53. The third-order valence-corrected chi connectivity index (χ3v) is 5.26. The Morgan fingerprint density at radius 1 is 1.05 bits per heavy atom. The van der Waals surface area contributed by atoms with Crippen LogP contribution in [0, 0.1) is 0 Å². The maximum atomic E-state index is 12.0. The molecule has 0 unspecified atom stereocenters. The molecule has 0 aromatic carbocycles. The summed E-state index contributed by atoms with van der Waals surface area (Å²) in [5.74, 6) is 0. The van der Waals surface area contributed by atoms with E-state index < -0.39 is 5.60 Å². The van der Waals surface area contributed by atoms with Crippen LogP contribution in [0.1, 0.15) is 65.2 Å². The van der Waals surface area contributed by atoms with E-state index in [0.717, 1.165) is 38.8 Å². The Bertz CT molecular complexity index is 359. The van der Waals surface area contributed by atoms with Gasteiger partial charge in [-0.2, -0.15) is 0 Å². The van der Waals surface area contributed by atoms with Crippen LogP contribution in [0.25, 0.3) is 0 Å². The van der Waals surface area contributed by atoms with E-state index in [-0.39, 0.29) is 11.6 Å². The van der Waals surface area contributed by atoms with E-state index in [1.807, 2.05) is 0 Å². The monoisotopic (exact) mass is 311 g/mol. The van der Waals surface area contributed by atoms with Gasteiger partial charge in [-0.3, -0.25) is 4.90 Å². The van der Waals surface area contributed by atoms with Crippen molar-refractivity contribution in [1.29, 1.82) is 0 Å². The number of aliphatic hydroxyl groups is 1. The van der Waals surface area contributed by atoms with Crippen molar-refractivity contribution in [2.75, 3.05) is 26.2 Å². The van der Waals surface area contributed by atoms with Crippen LogP contribution < -0.4 is 10.6 Å². The predicted octanol–water partition coefficient (Wildman–Crippen LogP) is 2.25. The lowest BCUT2D eigenvalue weighted by Crippen LogP contribution is -2.55. The molecule has 0 spiro atoms. The molecule has 2 aliphatic rings. The maximum absolute atomic E-state index is 12.0. The molecule has 2 rings (SSSR count). The molecule has 0 atom stereocenters. The SMILES string of the molecule is CC(C)(CNC(=O)NCC1(O)CCCCC1)N1CCCCC1. The molecule has 5 nitrogen and oxygen atoms in total. The second-order valence-electron chi connectivity index (χ2n) is 7.68. The van der Waals surface area contributed by atoms with Crippen molar-refractivity contribution >= 4 is 6.03 Å². The van der Waals surface area contributed by atoms with Crippen LogP contribution >= 0.6 is 0 Å². The molecular weight excluding hydrogens is 278 g/mol. The molecule has 5 heteroatoms. The van der Waals surface area contributed by atoms with Crippen LogP contribution in [-0.2, 0) is 0 Å². The highest BCUT2D eigenvalue weighted by Crippen LogP contribution is 2.27. The molecule has 2 amide bonds. The summed E-state index contributed by atoms with van der Waals surface area (Å²) in [6, 6.07) is -0.163. The number of urea groups is 1. The fourth-order valence-corrected chi connectivity index (χ4v) is 3.60. The highest BCUT2D eigenvalue weighted by Gasteiger charge is 2.31. The average molecular weight is 311 g/mol. The minimum atomic E-state index is -0.696. The number of amides is 2. The molecule has 3 N–H and O–H groups in total. The van der Waals surface area contributed by atoms with Gasteiger partial charge in [0.15, 0.2) is 0 Å². The van der Waals surface area contributed by atoms with E-state index in [4.69, 9.17) is 0 Å². The molecule has 0 radical (unpaired) electrons. The van der Waals surface area contributed by atoms with Gasteiger partial charge in [0.1, 0.15) is 0 Å². The first-order valence-electron chi connectivity index (χ1n) is 8.91. The first-order chi connectivity index (χ1) is 10.4. The summed E-state index contributed by atoms with van der Waals surface area (Å²) in [5, 5.41) is 16.2. The maximum Gasteiger partial charge on any atom is 0.314 e. The van der Waals surface area contributed by atoms with Crippen molar-refractivity contribution in [2.45, 2.75) is 76.4 Å². The molecule has 0 aromatic rings. The number of carbonyl (C=O) groups is 1. The molecule has 0 bridgehead atoms. The number of carbonyl (C=O) groups excluding carboxylic acids is 1. The van der Waals surface area contributed by atoms with Gasteiger partial charge in [0.05, 0.1) is 5.60 Å². The van der Waals surface area contributed by atoms with Crippen LogP contribution in [0.3, 0.4) is 0 Å². The van der Waals surface area contributed by atoms with Gasteiger partial charge in [-0.05, 0) is 52.6 Å². The Morgan fingerprint density at radius 3 is 2.27 bits per heavy atom. The van der Waals surface area contributed by atoms with Gasteiger partial charge in [-0.25, -0.2) is 4.79 Å².